The average Bonchev–Trinajstić information content (AvgIpc) is 2.34. The number of nitrogens with zero attached hydrogens (tertiary/aromatic N) is 1. The zero-order valence-electron chi connectivity index (χ0n) is 7.92. The molecule has 0 unspecified atom stereocenters. The maximum atomic E-state index is 11.2. The minimum Gasteiger partial charge on any atom is -0.312 e. The summed E-state index contributed by atoms with van der Waals surface area (Å²) in [4.78, 5) is 14.0. The number of rotatable bonds is 3. The lowest BCUT2D eigenvalue weighted by Gasteiger charge is -2.07. The van der Waals surface area contributed by atoms with Crippen molar-refractivity contribution in [3.05, 3.63) is 22.4 Å². The molecular formula is C9H16N2O. The lowest BCUT2D eigenvalue weighted by molar-refractivity contribution is 0.605. The third-order valence-corrected chi connectivity index (χ3v) is 1.94. The SMILES string of the molecule is CCCn1c(C(C)C)c[nH]c1=O. The first kappa shape index (κ1) is 9.10. The minimum absolute atomic E-state index is 0.0144. The van der Waals surface area contributed by atoms with E-state index in [1.807, 2.05) is 10.8 Å². The van der Waals surface area contributed by atoms with Crippen molar-refractivity contribution in [2.24, 2.45) is 0 Å². The van der Waals surface area contributed by atoms with Crippen LogP contribution in [0.1, 0.15) is 38.8 Å². The number of H-pyrrole nitrogens is 1. The Labute approximate surface area is 72.4 Å². The highest BCUT2D eigenvalue weighted by Gasteiger charge is 2.07. The molecular weight excluding hydrogens is 152 g/mol. The molecule has 0 aliphatic rings. The molecule has 12 heavy (non-hydrogen) atoms. The molecule has 0 bridgehead atoms. The molecule has 1 N–H and O–H groups in total. The fourth-order valence-electron chi connectivity index (χ4n) is 1.34. The van der Waals surface area contributed by atoms with E-state index in [1.165, 1.54) is 0 Å². The van der Waals surface area contributed by atoms with Crippen LogP contribution in [0.25, 0.3) is 0 Å². The molecule has 3 nitrogen and oxygen atoms in total. The van der Waals surface area contributed by atoms with E-state index >= 15 is 0 Å². The molecule has 1 aromatic rings. The minimum atomic E-state index is 0.0144. The summed E-state index contributed by atoms with van der Waals surface area (Å²) < 4.78 is 1.81. The van der Waals surface area contributed by atoms with Gasteiger partial charge in [0.2, 0.25) is 0 Å². The predicted molar refractivity (Wildman–Crippen MR) is 49.4 cm³/mol. The molecule has 0 saturated carbocycles. The van der Waals surface area contributed by atoms with E-state index < -0.39 is 0 Å². The van der Waals surface area contributed by atoms with Crippen molar-refractivity contribution >= 4 is 0 Å². The van der Waals surface area contributed by atoms with Crippen molar-refractivity contribution in [1.29, 1.82) is 0 Å². The van der Waals surface area contributed by atoms with E-state index in [4.69, 9.17) is 0 Å². The van der Waals surface area contributed by atoms with Gasteiger partial charge in [-0.15, -0.1) is 0 Å². The number of nitrogens with one attached hydrogen (secondary N) is 1. The van der Waals surface area contributed by atoms with Gasteiger partial charge in [0, 0.05) is 18.4 Å². The van der Waals surface area contributed by atoms with Gasteiger partial charge in [-0.05, 0) is 12.3 Å². The van der Waals surface area contributed by atoms with E-state index in [2.05, 4.69) is 25.8 Å². The van der Waals surface area contributed by atoms with Crippen LogP contribution in [0.5, 0.6) is 0 Å². The van der Waals surface area contributed by atoms with Crippen LogP contribution >= 0.6 is 0 Å². The van der Waals surface area contributed by atoms with Crippen molar-refractivity contribution in [2.45, 2.75) is 39.7 Å². The van der Waals surface area contributed by atoms with Crippen molar-refractivity contribution in [1.82, 2.24) is 9.55 Å². The van der Waals surface area contributed by atoms with Gasteiger partial charge in [-0.25, -0.2) is 4.79 Å². The first-order valence-corrected chi connectivity index (χ1v) is 4.45. The van der Waals surface area contributed by atoms with Crippen LogP contribution in [0.4, 0.5) is 0 Å². The molecule has 0 spiro atoms. The molecule has 0 atom stereocenters. The quantitative estimate of drug-likeness (QED) is 0.733. The average molecular weight is 168 g/mol. The monoisotopic (exact) mass is 168 g/mol. The van der Waals surface area contributed by atoms with E-state index in [0.717, 1.165) is 18.7 Å². The van der Waals surface area contributed by atoms with Gasteiger partial charge < -0.3 is 4.98 Å². The molecule has 0 aliphatic heterocycles. The molecule has 1 aromatic heterocycles. The number of imidazole rings is 1. The van der Waals surface area contributed by atoms with Gasteiger partial charge >= 0.3 is 5.69 Å². The molecule has 0 amide bonds. The van der Waals surface area contributed by atoms with Gasteiger partial charge in [0.25, 0.3) is 0 Å². The lowest BCUT2D eigenvalue weighted by atomic mass is 10.1. The summed E-state index contributed by atoms with van der Waals surface area (Å²) in [6, 6.07) is 0. The second kappa shape index (κ2) is 3.61. The Balaban J connectivity index is 3.04. The van der Waals surface area contributed by atoms with Crippen LogP contribution in [-0.2, 0) is 6.54 Å². The number of aromatic nitrogens is 2. The van der Waals surface area contributed by atoms with Crippen LogP contribution in [0, 0.1) is 0 Å². The molecule has 1 rings (SSSR count). The maximum Gasteiger partial charge on any atom is 0.325 e. The second-order valence-electron chi connectivity index (χ2n) is 3.33. The van der Waals surface area contributed by atoms with Crippen molar-refractivity contribution in [2.75, 3.05) is 0 Å². The molecule has 68 valence electrons. The summed E-state index contributed by atoms with van der Waals surface area (Å²) >= 11 is 0. The van der Waals surface area contributed by atoms with Crippen molar-refractivity contribution in [3.8, 4) is 0 Å². The Hall–Kier alpha value is -0.990. The molecule has 0 saturated heterocycles. The largest absolute Gasteiger partial charge is 0.325 e. The smallest absolute Gasteiger partial charge is 0.312 e. The number of hydrogen-bond donors (Lipinski definition) is 1. The fraction of sp³-hybridized carbons (Fsp3) is 0.667. The molecule has 0 radical (unpaired) electrons. The summed E-state index contributed by atoms with van der Waals surface area (Å²) in [5.41, 5.74) is 1.11. The topological polar surface area (TPSA) is 37.8 Å². The molecule has 0 fully saturated rings. The highest BCUT2D eigenvalue weighted by Crippen LogP contribution is 2.11. The van der Waals surface area contributed by atoms with Crippen LogP contribution in [0.15, 0.2) is 11.0 Å². The van der Waals surface area contributed by atoms with E-state index in [-0.39, 0.29) is 5.69 Å². The Morgan fingerprint density at radius 2 is 2.25 bits per heavy atom. The first-order valence-electron chi connectivity index (χ1n) is 4.45. The zero-order chi connectivity index (χ0) is 9.14. The van der Waals surface area contributed by atoms with Gasteiger partial charge in [-0.1, -0.05) is 20.8 Å². The predicted octanol–water partition coefficient (Wildman–Crippen LogP) is 1.71. The van der Waals surface area contributed by atoms with Crippen LogP contribution < -0.4 is 5.69 Å². The van der Waals surface area contributed by atoms with E-state index in [9.17, 15) is 4.79 Å². The Morgan fingerprint density at radius 1 is 1.58 bits per heavy atom. The highest BCUT2D eigenvalue weighted by atomic mass is 16.1. The summed E-state index contributed by atoms with van der Waals surface area (Å²) in [6.07, 6.45) is 2.81. The Morgan fingerprint density at radius 3 is 2.75 bits per heavy atom. The lowest BCUT2D eigenvalue weighted by Crippen LogP contribution is -2.19. The van der Waals surface area contributed by atoms with E-state index in [1.54, 1.807) is 0 Å². The van der Waals surface area contributed by atoms with E-state index in [0.29, 0.717) is 5.92 Å². The van der Waals surface area contributed by atoms with Gasteiger partial charge in [-0.3, -0.25) is 4.57 Å². The normalized spacial score (nSPS) is 11.0. The molecule has 0 aromatic carbocycles. The first-order chi connectivity index (χ1) is 5.66. The molecule has 3 heteroatoms. The van der Waals surface area contributed by atoms with Gasteiger partial charge in [0.15, 0.2) is 0 Å². The van der Waals surface area contributed by atoms with Crippen LogP contribution in [0.2, 0.25) is 0 Å². The highest BCUT2D eigenvalue weighted by molar-refractivity contribution is 5.03. The van der Waals surface area contributed by atoms with Gasteiger partial charge in [0.05, 0.1) is 0 Å². The standard InChI is InChI=1S/C9H16N2O/c1-4-5-11-8(7(2)3)6-10-9(11)12/h6-7H,4-5H2,1-3H3,(H,10,12). The molecule has 1 heterocycles. The number of hydrogen-bond acceptors (Lipinski definition) is 1. The Kier molecular flexibility index (Phi) is 2.74. The van der Waals surface area contributed by atoms with Gasteiger partial charge in [0.1, 0.15) is 0 Å². The number of aromatic amines is 1. The van der Waals surface area contributed by atoms with Gasteiger partial charge in [-0.2, -0.15) is 0 Å². The summed E-state index contributed by atoms with van der Waals surface area (Å²) in [7, 11) is 0. The van der Waals surface area contributed by atoms with Crippen LogP contribution in [-0.4, -0.2) is 9.55 Å². The third kappa shape index (κ3) is 1.60. The van der Waals surface area contributed by atoms with Crippen LogP contribution in [0.3, 0.4) is 0 Å². The Bertz CT molecular complexity index is 296. The summed E-state index contributed by atoms with van der Waals surface area (Å²) in [5.74, 6) is 0.412. The van der Waals surface area contributed by atoms with Crippen molar-refractivity contribution in [3.63, 3.8) is 0 Å². The summed E-state index contributed by atoms with van der Waals surface area (Å²) in [6.45, 7) is 7.07. The second-order valence-corrected chi connectivity index (χ2v) is 3.33. The van der Waals surface area contributed by atoms with Crippen molar-refractivity contribution < 1.29 is 0 Å². The third-order valence-electron chi connectivity index (χ3n) is 1.94. The zero-order valence-corrected chi connectivity index (χ0v) is 7.92. The fourth-order valence-corrected chi connectivity index (χ4v) is 1.34. The maximum absolute atomic E-state index is 11.2. The summed E-state index contributed by atoms with van der Waals surface area (Å²) in [5, 5.41) is 0. The molecule has 0 aliphatic carbocycles.